The van der Waals surface area contributed by atoms with Crippen LogP contribution < -0.4 is 4.74 Å². The Morgan fingerprint density at radius 2 is 2.05 bits per heavy atom. The smallest absolute Gasteiger partial charge is 0.481 e. The van der Waals surface area contributed by atoms with E-state index in [1.165, 1.54) is 22.6 Å². The lowest BCUT2D eigenvalue weighted by Crippen LogP contribution is -2.19. The third-order valence-corrected chi connectivity index (χ3v) is 3.05. The van der Waals surface area contributed by atoms with Gasteiger partial charge in [-0.25, -0.2) is 13.8 Å². The van der Waals surface area contributed by atoms with Gasteiger partial charge in [0.25, 0.3) is 6.43 Å². The third-order valence-electron chi connectivity index (χ3n) is 1.81. The zero-order valence-corrected chi connectivity index (χ0v) is 11.0. The van der Waals surface area contributed by atoms with E-state index >= 15 is 0 Å². The molecule has 1 aromatic rings. The van der Waals surface area contributed by atoms with Crippen LogP contribution in [0, 0.1) is 3.57 Å². The second-order valence-corrected chi connectivity index (χ2v) is 4.31. The normalized spacial score (nSPS) is 11.7. The van der Waals surface area contributed by atoms with Crippen molar-refractivity contribution >= 4 is 28.6 Å². The quantitative estimate of drug-likeness (QED) is 0.627. The number of alkyl halides is 5. The molecule has 0 aliphatic heterocycles. The van der Waals surface area contributed by atoms with Crippen molar-refractivity contribution in [2.24, 2.45) is 0 Å². The van der Waals surface area contributed by atoms with Gasteiger partial charge in [0.15, 0.2) is 0 Å². The molecule has 19 heavy (non-hydrogen) atoms. The Kier molecular flexibility index (Phi) is 4.87. The zero-order valence-electron chi connectivity index (χ0n) is 8.84. The van der Waals surface area contributed by atoms with E-state index in [-0.39, 0.29) is 3.57 Å². The van der Waals surface area contributed by atoms with Crippen LogP contribution in [0.1, 0.15) is 17.7 Å². The molecule has 0 aliphatic carbocycles. The van der Waals surface area contributed by atoms with Crippen molar-refractivity contribution in [1.82, 2.24) is 4.98 Å². The maximum atomic E-state index is 12.6. The first-order chi connectivity index (χ1) is 8.60. The molecule has 0 fully saturated rings. The standard InChI is InChI=1S/C9H5F5INO3/c10-8(11)3-1-5(19-9(12,13)14)16-4(7(3)15)2-6(17)18/h1,8H,2H2,(H,17,18). The lowest BCUT2D eigenvalue weighted by Gasteiger charge is -2.13. The molecule has 0 aromatic carbocycles. The second-order valence-electron chi connectivity index (χ2n) is 3.23. The zero-order chi connectivity index (χ0) is 14.8. The number of hydrogen-bond acceptors (Lipinski definition) is 3. The van der Waals surface area contributed by atoms with Crippen LogP contribution in [0.4, 0.5) is 22.0 Å². The summed E-state index contributed by atoms with van der Waals surface area (Å²) < 4.78 is 64.5. The van der Waals surface area contributed by atoms with Crippen LogP contribution in [0.25, 0.3) is 0 Å². The monoisotopic (exact) mass is 397 g/mol. The third kappa shape index (κ3) is 4.76. The summed E-state index contributed by atoms with van der Waals surface area (Å²) in [5.74, 6) is -2.52. The van der Waals surface area contributed by atoms with Gasteiger partial charge in [0, 0.05) is 15.2 Å². The Hall–Kier alpha value is -1.20. The first-order valence-electron chi connectivity index (χ1n) is 4.55. The Morgan fingerprint density at radius 1 is 1.47 bits per heavy atom. The molecule has 0 amide bonds. The largest absolute Gasteiger partial charge is 0.574 e. The van der Waals surface area contributed by atoms with E-state index in [0.29, 0.717) is 6.07 Å². The highest BCUT2D eigenvalue weighted by atomic mass is 127. The number of halogens is 6. The maximum Gasteiger partial charge on any atom is 0.574 e. The Bertz CT molecular complexity index is 491. The summed E-state index contributed by atoms with van der Waals surface area (Å²) in [6, 6.07) is 0.436. The molecule has 0 atom stereocenters. The SMILES string of the molecule is O=C(O)Cc1nc(OC(F)(F)F)cc(C(F)F)c1I. The summed E-state index contributed by atoms with van der Waals surface area (Å²) in [5.41, 5.74) is -1.17. The van der Waals surface area contributed by atoms with Gasteiger partial charge >= 0.3 is 12.3 Å². The molecule has 106 valence electrons. The van der Waals surface area contributed by atoms with Gasteiger partial charge in [-0.05, 0) is 22.6 Å². The number of carboxylic acid groups (broad SMARTS) is 1. The van der Waals surface area contributed by atoms with Gasteiger partial charge in [-0.2, -0.15) is 0 Å². The minimum absolute atomic E-state index is 0.204. The van der Waals surface area contributed by atoms with Crippen molar-refractivity contribution in [3.05, 3.63) is 20.9 Å². The summed E-state index contributed by atoms with van der Waals surface area (Å²) >= 11 is 1.40. The number of nitrogens with zero attached hydrogens (tertiary/aromatic N) is 1. The van der Waals surface area contributed by atoms with Gasteiger partial charge in [-0.1, -0.05) is 0 Å². The fourth-order valence-corrected chi connectivity index (χ4v) is 1.87. The maximum absolute atomic E-state index is 12.6. The summed E-state index contributed by atoms with van der Waals surface area (Å²) in [6.45, 7) is 0. The van der Waals surface area contributed by atoms with Gasteiger partial charge in [-0.3, -0.25) is 4.79 Å². The summed E-state index contributed by atoms with van der Waals surface area (Å²) in [6.07, 6.45) is -8.95. The van der Waals surface area contributed by atoms with Gasteiger partial charge in [0.2, 0.25) is 5.88 Å². The number of ether oxygens (including phenoxy) is 1. The molecule has 0 bridgehead atoms. The van der Waals surface area contributed by atoms with E-state index in [1.807, 2.05) is 0 Å². The average Bonchev–Trinajstić information content (AvgIpc) is 2.19. The first kappa shape index (κ1) is 15.9. The minimum Gasteiger partial charge on any atom is -0.481 e. The molecule has 1 N–H and O–H groups in total. The van der Waals surface area contributed by atoms with Crippen molar-refractivity contribution in [1.29, 1.82) is 0 Å². The van der Waals surface area contributed by atoms with Gasteiger partial charge in [0.1, 0.15) is 0 Å². The molecule has 1 aromatic heterocycles. The molecular formula is C9H5F5INO3. The highest BCUT2D eigenvalue weighted by Crippen LogP contribution is 2.31. The minimum atomic E-state index is -5.10. The number of carboxylic acids is 1. The van der Waals surface area contributed by atoms with E-state index < -0.39 is 42.3 Å². The second kappa shape index (κ2) is 5.84. The predicted octanol–water partition coefficient (Wildman–Crippen LogP) is 3.15. The highest BCUT2D eigenvalue weighted by molar-refractivity contribution is 14.1. The molecule has 0 saturated carbocycles. The topological polar surface area (TPSA) is 59.4 Å². The number of aliphatic carboxylic acids is 1. The van der Waals surface area contributed by atoms with Gasteiger partial charge < -0.3 is 9.84 Å². The van der Waals surface area contributed by atoms with Crippen molar-refractivity contribution in [3.8, 4) is 5.88 Å². The van der Waals surface area contributed by atoms with Crippen LogP contribution in [0.15, 0.2) is 6.07 Å². The molecule has 0 radical (unpaired) electrons. The lowest BCUT2D eigenvalue weighted by atomic mass is 10.2. The fourth-order valence-electron chi connectivity index (χ4n) is 1.17. The van der Waals surface area contributed by atoms with Crippen LogP contribution >= 0.6 is 22.6 Å². The van der Waals surface area contributed by atoms with Crippen LogP contribution in [0.2, 0.25) is 0 Å². The van der Waals surface area contributed by atoms with E-state index in [4.69, 9.17) is 5.11 Å². The number of rotatable bonds is 4. The van der Waals surface area contributed by atoms with E-state index in [9.17, 15) is 26.7 Å². The summed E-state index contributed by atoms with van der Waals surface area (Å²) in [4.78, 5) is 13.8. The Balaban J connectivity index is 3.26. The van der Waals surface area contributed by atoms with Crippen LogP contribution in [-0.2, 0) is 11.2 Å². The lowest BCUT2D eigenvalue weighted by molar-refractivity contribution is -0.276. The predicted molar refractivity (Wildman–Crippen MR) is 59.9 cm³/mol. The van der Waals surface area contributed by atoms with Crippen LogP contribution in [0.5, 0.6) is 5.88 Å². The van der Waals surface area contributed by atoms with Crippen LogP contribution in [0.3, 0.4) is 0 Å². The molecule has 0 spiro atoms. The molecular weight excluding hydrogens is 392 g/mol. The number of hydrogen-bond donors (Lipinski definition) is 1. The molecule has 1 heterocycles. The van der Waals surface area contributed by atoms with Crippen molar-refractivity contribution in [2.45, 2.75) is 19.2 Å². The summed E-state index contributed by atoms with van der Waals surface area (Å²) in [7, 11) is 0. The molecule has 0 saturated heterocycles. The van der Waals surface area contributed by atoms with E-state index in [0.717, 1.165) is 0 Å². The Morgan fingerprint density at radius 3 is 2.47 bits per heavy atom. The molecule has 0 aliphatic rings. The van der Waals surface area contributed by atoms with E-state index in [1.54, 1.807) is 0 Å². The molecule has 10 heteroatoms. The first-order valence-corrected chi connectivity index (χ1v) is 5.63. The highest BCUT2D eigenvalue weighted by Gasteiger charge is 2.33. The van der Waals surface area contributed by atoms with Crippen molar-refractivity contribution in [3.63, 3.8) is 0 Å². The van der Waals surface area contributed by atoms with Crippen molar-refractivity contribution in [2.75, 3.05) is 0 Å². The molecule has 4 nitrogen and oxygen atoms in total. The fraction of sp³-hybridized carbons (Fsp3) is 0.333. The number of carbonyl (C=O) groups is 1. The number of aromatic nitrogens is 1. The van der Waals surface area contributed by atoms with Gasteiger partial charge in [-0.15, -0.1) is 13.2 Å². The number of pyridine rings is 1. The Labute approximate surface area is 116 Å². The molecule has 0 unspecified atom stereocenters. The van der Waals surface area contributed by atoms with Crippen LogP contribution in [-0.4, -0.2) is 22.4 Å². The summed E-state index contributed by atoms with van der Waals surface area (Å²) in [5, 5.41) is 8.55. The van der Waals surface area contributed by atoms with E-state index in [2.05, 4.69) is 9.72 Å². The van der Waals surface area contributed by atoms with Crippen molar-refractivity contribution < 1.29 is 36.6 Å². The van der Waals surface area contributed by atoms with Gasteiger partial charge in [0.05, 0.1) is 12.1 Å². The molecule has 1 rings (SSSR count). The average molecular weight is 397 g/mol.